The molecule has 20 heavy (non-hydrogen) atoms. The molecule has 108 valence electrons. The number of rotatable bonds is 5. The maximum atomic E-state index is 11.9. The Bertz CT molecular complexity index is 516. The van der Waals surface area contributed by atoms with E-state index in [0.717, 1.165) is 5.56 Å². The van der Waals surface area contributed by atoms with Gasteiger partial charge >= 0.3 is 0 Å². The Morgan fingerprint density at radius 2 is 2.20 bits per heavy atom. The molecule has 0 saturated carbocycles. The molecule has 2 amide bonds. The van der Waals surface area contributed by atoms with Gasteiger partial charge in [-0.1, -0.05) is 0 Å². The number of nitrogens with one attached hydrogen (secondary N) is 2. The molecule has 0 radical (unpaired) electrons. The minimum Gasteiger partial charge on any atom is -0.497 e. The summed E-state index contributed by atoms with van der Waals surface area (Å²) in [6, 6.07) is 4.96. The first-order valence-corrected chi connectivity index (χ1v) is 6.42. The molecular formula is C14H18N2O4. The van der Waals surface area contributed by atoms with Crippen molar-refractivity contribution < 1.29 is 19.1 Å². The Balaban J connectivity index is 1.99. The standard InChI is InChI=1S/C14H18N2O4/c1-19-10-3-5-12(20-2)9(7-10)8-15-14(18)11-4-6-13(17)16-11/h3,5,7,11H,4,6,8H2,1-2H3,(H,15,18)(H,16,17). The molecule has 1 saturated heterocycles. The van der Waals surface area contributed by atoms with E-state index in [4.69, 9.17) is 9.47 Å². The lowest BCUT2D eigenvalue weighted by Gasteiger charge is -2.13. The lowest BCUT2D eigenvalue weighted by Crippen LogP contribution is -2.41. The van der Waals surface area contributed by atoms with E-state index in [1.165, 1.54) is 0 Å². The van der Waals surface area contributed by atoms with Crippen LogP contribution >= 0.6 is 0 Å². The Kier molecular flexibility index (Phi) is 4.45. The van der Waals surface area contributed by atoms with E-state index < -0.39 is 6.04 Å². The molecule has 6 heteroatoms. The van der Waals surface area contributed by atoms with Crippen LogP contribution in [0, 0.1) is 0 Å². The Morgan fingerprint density at radius 3 is 2.80 bits per heavy atom. The van der Waals surface area contributed by atoms with Gasteiger partial charge in [-0.2, -0.15) is 0 Å². The van der Waals surface area contributed by atoms with Crippen LogP contribution in [0.25, 0.3) is 0 Å². The number of methoxy groups -OCH3 is 2. The van der Waals surface area contributed by atoms with E-state index in [9.17, 15) is 9.59 Å². The zero-order chi connectivity index (χ0) is 14.5. The maximum absolute atomic E-state index is 11.9. The van der Waals surface area contributed by atoms with E-state index in [0.29, 0.717) is 30.9 Å². The minimum atomic E-state index is -0.431. The second kappa shape index (κ2) is 6.27. The minimum absolute atomic E-state index is 0.0795. The second-order valence-corrected chi connectivity index (χ2v) is 4.55. The molecule has 1 aromatic rings. The predicted molar refractivity (Wildman–Crippen MR) is 72.6 cm³/mol. The molecule has 6 nitrogen and oxygen atoms in total. The number of carbonyl (C=O) groups excluding carboxylic acids is 2. The largest absolute Gasteiger partial charge is 0.497 e. The van der Waals surface area contributed by atoms with Gasteiger partial charge in [0.25, 0.3) is 0 Å². The summed E-state index contributed by atoms with van der Waals surface area (Å²) < 4.78 is 10.4. The van der Waals surface area contributed by atoms with E-state index in [2.05, 4.69) is 10.6 Å². The smallest absolute Gasteiger partial charge is 0.242 e. The van der Waals surface area contributed by atoms with Crippen molar-refractivity contribution in [2.75, 3.05) is 14.2 Å². The first kappa shape index (κ1) is 14.2. The fraction of sp³-hybridized carbons (Fsp3) is 0.429. The summed E-state index contributed by atoms with van der Waals surface area (Å²) in [5.41, 5.74) is 0.824. The van der Waals surface area contributed by atoms with Crippen molar-refractivity contribution in [1.82, 2.24) is 10.6 Å². The molecule has 1 aliphatic rings. The lowest BCUT2D eigenvalue weighted by molar-refractivity contribution is -0.125. The van der Waals surface area contributed by atoms with Gasteiger partial charge in [0.2, 0.25) is 11.8 Å². The molecule has 1 aromatic carbocycles. The summed E-state index contributed by atoms with van der Waals surface area (Å²) in [5, 5.41) is 5.43. The monoisotopic (exact) mass is 278 g/mol. The zero-order valence-electron chi connectivity index (χ0n) is 11.6. The van der Waals surface area contributed by atoms with Crippen molar-refractivity contribution in [1.29, 1.82) is 0 Å². The Morgan fingerprint density at radius 1 is 1.40 bits per heavy atom. The van der Waals surface area contributed by atoms with Gasteiger partial charge in [0.1, 0.15) is 17.5 Å². The van der Waals surface area contributed by atoms with Crippen LogP contribution in [0.5, 0.6) is 11.5 Å². The fourth-order valence-corrected chi connectivity index (χ4v) is 2.14. The van der Waals surface area contributed by atoms with Gasteiger partial charge in [-0.15, -0.1) is 0 Å². The molecule has 2 rings (SSSR count). The summed E-state index contributed by atoms with van der Waals surface area (Å²) >= 11 is 0. The normalized spacial score (nSPS) is 17.5. The SMILES string of the molecule is COc1ccc(OC)c(CNC(=O)C2CCC(=O)N2)c1. The van der Waals surface area contributed by atoms with Crippen molar-refractivity contribution in [2.45, 2.75) is 25.4 Å². The molecule has 0 bridgehead atoms. The van der Waals surface area contributed by atoms with Crippen LogP contribution in [0.3, 0.4) is 0 Å². The van der Waals surface area contributed by atoms with Crippen LogP contribution in [0.2, 0.25) is 0 Å². The van der Waals surface area contributed by atoms with Gasteiger partial charge in [0.15, 0.2) is 0 Å². The number of hydrogen-bond donors (Lipinski definition) is 2. The highest BCUT2D eigenvalue weighted by Crippen LogP contribution is 2.23. The molecule has 1 aliphatic heterocycles. The van der Waals surface area contributed by atoms with E-state index in [-0.39, 0.29) is 11.8 Å². The van der Waals surface area contributed by atoms with E-state index >= 15 is 0 Å². The Labute approximate surface area is 117 Å². The van der Waals surface area contributed by atoms with Gasteiger partial charge in [-0.05, 0) is 24.6 Å². The zero-order valence-corrected chi connectivity index (χ0v) is 11.6. The van der Waals surface area contributed by atoms with Crippen LogP contribution in [-0.2, 0) is 16.1 Å². The lowest BCUT2D eigenvalue weighted by atomic mass is 10.1. The predicted octanol–water partition coefficient (Wildman–Crippen LogP) is 0.599. The summed E-state index contributed by atoms with van der Waals surface area (Å²) in [6.07, 6.45) is 0.945. The third-order valence-electron chi connectivity index (χ3n) is 3.25. The molecule has 1 unspecified atom stereocenters. The van der Waals surface area contributed by atoms with Gasteiger partial charge in [0.05, 0.1) is 14.2 Å². The van der Waals surface area contributed by atoms with E-state index in [1.54, 1.807) is 26.4 Å². The third kappa shape index (κ3) is 3.20. The molecule has 0 spiro atoms. The van der Waals surface area contributed by atoms with Crippen LogP contribution in [-0.4, -0.2) is 32.1 Å². The van der Waals surface area contributed by atoms with Crippen LogP contribution < -0.4 is 20.1 Å². The maximum Gasteiger partial charge on any atom is 0.242 e. The number of amides is 2. The van der Waals surface area contributed by atoms with Crippen LogP contribution in [0.4, 0.5) is 0 Å². The van der Waals surface area contributed by atoms with Crippen LogP contribution in [0.1, 0.15) is 18.4 Å². The molecule has 1 atom stereocenters. The summed E-state index contributed by atoms with van der Waals surface area (Å²) in [7, 11) is 3.16. The quantitative estimate of drug-likeness (QED) is 0.827. The first-order chi connectivity index (χ1) is 9.63. The van der Waals surface area contributed by atoms with Crippen molar-refractivity contribution in [3.63, 3.8) is 0 Å². The average Bonchev–Trinajstić information content (AvgIpc) is 2.91. The number of ether oxygens (including phenoxy) is 2. The first-order valence-electron chi connectivity index (χ1n) is 6.42. The number of carbonyl (C=O) groups is 2. The molecule has 0 aromatic heterocycles. The highest BCUT2D eigenvalue weighted by Gasteiger charge is 2.26. The second-order valence-electron chi connectivity index (χ2n) is 4.55. The topological polar surface area (TPSA) is 76.7 Å². The van der Waals surface area contributed by atoms with Crippen molar-refractivity contribution >= 4 is 11.8 Å². The van der Waals surface area contributed by atoms with Gasteiger partial charge < -0.3 is 20.1 Å². The van der Waals surface area contributed by atoms with Crippen LogP contribution in [0.15, 0.2) is 18.2 Å². The summed E-state index contributed by atoms with van der Waals surface area (Å²) in [4.78, 5) is 23.0. The van der Waals surface area contributed by atoms with Gasteiger partial charge in [-0.3, -0.25) is 9.59 Å². The highest BCUT2D eigenvalue weighted by atomic mass is 16.5. The third-order valence-corrected chi connectivity index (χ3v) is 3.25. The highest BCUT2D eigenvalue weighted by molar-refractivity contribution is 5.90. The molecule has 1 fully saturated rings. The molecule has 1 heterocycles. The molecule has 0 aliphatic carbocycles. The van der Waals surface area contributed by atoms with Crippen molar-refractivity contribution in [3.05, 3.63) is 23.8 Å². The van der Waals surface area contributed by atoms with E-state index in [1.807, 2.05) is 6.07 Å². The van der Waals surface area contributed by atoms with Gasteiger partial charge in [-0.25, -0.2) is 0 Å². The van der Waals surface area contributed by atoms with Crippen molar-refractivity contribution in [2.24, 2.45) is 0 Å². The number of hydrogen-bond acceptors (Lipinski definition) is 4. The summed E-state index contributed by atoms with van der Waals surface area (Å²) in [5.74, 6) is 1.12. The average molecular weight is 278 g/mol. The summed E-state index contributed by atoms with van der Waals surface area (Å²) in [6.45, 7) is 0.325. The molecular weight excluding hydrogens is 260 g/mol. The van der Waals surface area contributed by atoms with Crippen molar-refractivity contribution in [3.8, 4) is 11.5 Å². The number of benzene rings is 1. The van der Waals surface area contributed by atoms with Gasteiger partial charge in [0, 0.05) is 18.5 Å². The molecule has 2 N–H and O–H groups in total. The Hall–Kier alpha value is -2.24. The fourth-order valence-electron chi connectivity index (χ4n) is 2.14.